The standard InChI is InChI=1S/C24H26FN3O5/c1-15-22(24(33)26-18-5-3-2-4-6-18)27-23(16-7-9-17(25)10-8-16)28(15)12-11-19(29)13-20(30)14-21(31)32/h2-10,19-20,29-30H,11-14H2,1H3,(H,26,33)(H,31,32). The summed E-state index contributed by atoms with van der Waals surface area (Å²) in [6.45, 7) is 1.98. The first-order valence-electron chi connectivity index (χ1n) is 10.5. The number of rotatable bonds is 10. The van der Waals surface area contributed by atoms with Crippen LogP contribution in [0.1, 0.15) is 35.4 Å². The van der Waals surface area contributed by atoms with E-state index >= 15 is 0 Å². The van der Waals surface area contributed by atoms with Crippen LogP contribution in [-0.2, 0) is 11.3 Å². The summed E-state index contributed by atoms with van der Waals surface area (Å²) in [5.41, 5.74) is 1.96. The molecule has 8 nitrogen and oxygen atoms in total. The number of nitrogens with zero attached hydrogens (tertiary/aromatic N) is 2. The molecule has 0 saturated heterocycles. The molecule has 174 valence electrons. The van der Waals surface area contributed by atoms with Crippen molar-refractivity contribution in [1.82, 2.24) is 9.55 Å². The van der Waals surface area contributed by atoms with Crippen molar-refractivity contribution in [1.29, 1.82) is 0 Å². The SMILES string of the molecule is Cc1c(C(=O)Nc2ccccc2)nc(-c2ccc(F)cc2)n1CCC(O)CC(O)CC(=O)O. The molecular formula is C24H26FN3O5. The number of hydrogen-bond donors (Lipinski definition) is 4. The summed E-state index contributed by atoms with van der Waals surface area (Å²) in [7, 11) is 0. The van der Waals surface area contributed by atoms with Crippen molar-refractivity contribution in [3.8, 4) is 11.4 Å². The molecule has 33 heavy (non-hydrogen) atoms. The number of para-hydroxylation sites is 1. The lowest BCUT2D eigenvalue weighted by Gasteiger charge is -2.16. The number of carboxylic acid groups (broad SMARTS) is 1. The van der Waals surface area contributed by atoms with E-state index in [4.69, 9.17) is 5.11 Å². The first kappa shape index (κ1) is 24.1. The van der Waals surface area contributed by atoms with Crippen molar-refractivity contribution >= 4 is 17.6 Å². The van der Waals surface area contributed by atoms with Crippen LogP contribution in [0.4, 0.5) is 10.1 Å². The molecule has 0 radical (unpaired) electrons. The number of imidazole rings is 1. The minimum atomic E-state index is -1.16. The molecule has 2 aromatic carbocycles. The van der Waals surface area contributed by atoms with Gasteiger partial charge in [-0.1, -0.05) is 18.2 Å². The van der Waals surface area contributed by atoms with Crippen LogP contribution in [-0.4, -0.2) is 49.0 Å². The van der Waals surface area contributed by atoms with Gasteiger partial charge in [-0.05, 0) is 56.2 Å². The summed E-state index contributed by atoms with van der Waals surface area (Å²) >= 11 is 0. The zero-order valence-corrected chi connectivity index (χ0v) is 18.1. The zero-order chi connectivity index (χ0) is 24.0. The Morgan fingerprint density at radius 1 is 1.06 bits per heavy atom. The van der Waals surface area contributed by atoms with E-state index in [9.17, 15) is 24.2 Å². The summed E-state index contributed by atoms with van der Waals surface area (Å²) in [6.07, 6.45) is -2.46. The topological polar surface area (TPSA) is 125 Å². The molecule has 0 bridgehead atoms. The van der Waals surface area contributed by atoms with Crippen LogP contribution in [0.2, 0.25) is 0 Å². The molecule has 0 aliphatic heterocycles. The van der Waals surface area contributed by atoms with Gasteiger partial charge in [0.15, 0.2) is 0 Å². The van der Waals surface area contributed by atoms with E-state index in [0.717, 1.165) is 0 Å². The Kier molecular flexibility index (Phi) is 7.92. The summed E-state index contributed by atoms with van der Waals surface area (Å²) in [5, 5.41) is 31.6. The molecule has 0 spiro atoms. The fraction of sp³-hybridized carbons (Fsp3) is 0.292. The lowest BCUT2D eigenvalue weighted by molar-refractivity contribution is -0.139. The van der Waals surface area contributed by atoms with Gasteiger partial charge in [0.1, 0.15) is 17.3 Å². The molecule has 2 atom stereocenters. The van der Waals surface area contributed by atoms with E-state index in [-0.39, 0.29) is 25.1 Å². The Morgan fingerprint density at radius 2 is 1.73 bits per heavy atom. The smallest absolute Gasteiger partial charge is 0.305 e. The second-order valence-corrected chi connectivity index (χ2v) is 7.78. The number of aliphatic hydroxyl groups excluding tert-OH is 2. The summed E-state index contributed by atoms with van der Waals surface area (Å²) in [6, 6.07) is 14.6. The molecule has 9 heteroatoms. The normalized spacial score (nSPS) is 12.8. The quantitative estimate of drug-likeness (QED) is 0.372. The van der Waals surface area contributed by atoms with Crippen LogP contribution in [0.5, 0.6) is 0 Å². The lowest BCUT2D eigenvalue weighted by atomic mass is 10.1. The number of carbonyl (C=O) groups excluding carboxylic acids is 1. The van der Waals surface area contributed by atoms with E-state index in [0.29, 0.717) is 22.8 Å². The summed E-state index contributed by atoms with van der Waals surface area (Å²) < 4.78 is 15.2. The molecule has 1 heterocycles. The van der Waals surface area contributed by atoms with Crippen molar-refractivity contribution in [2.75, 3.05) is 5.32 Å². The fourth-order valence-electron chi connectivity index (χ4n) is 3.55. The molecule has 1 aromatic heterocycles. The van der Waals surface area contributed by atoms with Gasteiger partial charge in [0.05, 0.1) is 18.6 Å². The molecule has 2 unspecified atom stereocenters. The van der Waals surface area contributed by atoms with Gasteiger partial charge in [-0.3, -0.25) is 9.59 Å². The highest BCUT2D eigenvalue weighted by molar-refractivity contribution is 6.04. The van der Waals surface area contributed by atoms with Gasteiger partial charge < -0.3 is 25.2 Å². The maximum absolute atomic E-state index is 13.4. The van der Waals surface area contributed by atoms with Crippen molar-refractivity contribution in [3.05, 3.63) is 71.8 Å². The number of carboxylic acids is 1. The van der Waals surface area contributed by atoms with Crippen LogP contribution in [0, 0.1) is 12.7 Å². The van der Waals surface area contributed by atoms with Crippen LogP contribution >= 0.6 is 0 Å². The van der Waals surface area contributed by atoms with E-state index in [1.165, 1.54) is 12.1 Å². The van der Waals surface area contributed by atoms with Crippen molar-refractivity contribution < 1.29 is 29.3 Å². The van der Waals surface area contributed by atoms with Crippen LogP contribution < -0.4 is 5.32 Å². The number of aliphatic hydroxyl groups is 2. The number of anilines is 1. The number of aliphatic carboxylic acids is 1. The molecule has 0 aliphatic carbocycles. The van der Waals surface area contributed by atoms with Crippen LogP contribution in [0.15, 0.2) is 54.6 Å². The second kappa shape index (κ2) is 10.8. The van der Waals surface area contributed by atoms with E-state index < -0.39 is 36.3 Å². The summed E-state index contributed by atoms with van der Waals surface area (Å²) in [5.74, 6) is -1.52. The van der Waals surface area contributed by atoms with Crippen LogP contribution in [0.3, 0.4) is 0 Å². The number of benzene rings is 2. The first-order chi connectivity index (χ1) is 15.7. The van der Waals surface area contributed by atoms with Crippen molar-refractivity contribution in [2.24, 2.45) is 0 Å². The highest BCUT2D eigenvalue weighted by atomic mass is 19.1. The minimum absolute atomic E-state index is 0.0900. The Bertz CT molecular complexity index is 1100. The maximum atomic E-state index is 13.4. The second-order valence-electron chi connectivity index (χ2n) is 7.78. The number of aromatic nitrogens is 2. The Labute approximate surface area is 190 Å². The molecular weight excluding hydrogens is 429 g/mol. The Hall–Kier alpha value is -3.56. The average molecular weight is 455 g/mol. The monoisotopic (exact) mass is 455 g/mol. The molecule has 3 rings (SSSR count). The number of hydrogen-bond acceptors (Lipinski definition) is 5. The summed E-state index contributed by atoms with van der Waals surface area (Å²) in [4.78, 5) is 28.1. The third-order valence-electron chi connectivity index (χ3n) is 5.21. The molecule has 4 N–H and O–H groups in total. The molecule has 1 amide bonds. The van der Waals surface area contributed by atoms with Gasteiger partial charge in [0.2, 0.25) is 0 Å². The highest BCUT2D eigenvalue weighted by Crippen LogP contribution is 2.25. The number of carbonyl (C=O) groups is 2. The van der Waals surface area contributed by atoms with Gasteiger partial charge in [-0.25, -0.2) is 9.37 Å². The largest absolute Gasteiger partial charge is 0.481 e. The van der Waals surface area contributed by atoms with Gasteiger partial charge >= 0.3 is 5.97 Å². The molecule has 0 fully saturated rings. The first-order valence-corrected chi connectivity index (χ1v) is 10.5. The van der Waals surface area contributed by atoms with E-state index in [1.807, 2.05) is 6.07 Å². The van der Waals surface area contributed by atoms with E-state index in [1.54, 1.807) is 47.9 Å². The minimum Gasteiger partial charge on any atom is -0.481 e. The number of nitrogens with one attached hydrogen (secondary N) is 1. The molecule has 0 aliphatic rings. The molecule has 0 saturated carbocycles. The van der Waals surface area contributed by atoms with Gasteiger partial charge in [0, 0.05) is 23.5 Å². The zero-order valence-electron chi connectivity index (χ0n) is 18.1. The molecule has 3 aromatic rings. The van der Waals surface area contributed by atoms with Crippen LogP contribution in [0.25, 0.3) is 11.4 Å². The highest BCUT2D eigenvalue weighted by Gasteiger charge is 2.22. The predicted molar refractivity (Wildman–Crippen MR) is 120 cm³/mol. The van der Waals surface area contributed by atoms with Gasteiger partial charge in [0.25, 0.3) is 5.91 Å². The Balaban J connectivity index is 1.84. The number of halogens is 1. The third-order valence-corrected chi connectivity index (χ3v) is 5.21. The maximum Gasteiger partial charge on any atom is 0.305 e. The predicted octanol–water partition coefficient (Wildman–Crippen LogP) is 3.23. The van der Waals surface area contributed by atoms with Crippen molar-refractivity contribution in [2.45, 2.75) is 44.9 Å². The third kappa shape index (κ3) is 6.47. The van der Waals surface area contributed by atoms with E-state index in [2.05, 4.69) is 10.3 Å². The van der Waals surface area contributed by atoms with Gasteiger partial charge in [-0.2, -0.15) is 0 Å². The Morgan fingerprint density at radius 3 is 2.36 bits per heavy atom. The fourth-order valence-corrected chi connectivity index (χ4v) is 3.55. The number of amides is 1. The van der Waals surface area contributed by atoms with Gasteiger partial charge in [-0.15, -0.1) is 0 Å². The lowest BCUT2D eigenvalue weighted by Crippen LogP contribution is -2.22. The van der Waals surface area contributed by atoms with Crippen molar-refractivity contribution in [3.63, 3.8) is 0 Å². The average Bonchev–Trinajstić information content (AvgIpc) is 3.09.